The summed E-state index contributed by atoms with van der Waals surface area (Å²) in [6, 6.07) is 28.7. The van der Waals surface area contributed by atoms with E-state index in [9.17, 15) is 10.1 Å². The lowest BCUT2D eigenvalue weighted by molar-refractivity contribution is -0.116. The number of para-hydroxylation sites is 1. The van der Waals surface area contributed by atoms with Crippen molar-refractivity contribution in [3.05, 3.63) is 95.5 Å². The van der Waals surface area contributed by atoms with Crippen LogP contribution in [0.5, 0.6) is 0 Å². The molecule has 0 fully saturated rings. The molecule has 33 heavy (non-hydrogen) atoms. The number of hydrogen-bond acceptors (Lipinski definition) is 5. The largest absolute Gasteiger partial charge is 0.298 e. The molecule has 1 heterocycles. The van der Waals surface area contributed by atoms with Crippen LogP contribution in [0.1, 0.15) is 5.56 Å². The van der Waals surface area contributed by atoms with Crippen LogP contribution in [0.3, 0.4) is 0 Å². The first kappa shape index (κ1) is 22.6. The van der Waals surface area contributed by atoms with Crippen molar-refractivity contribution in [3.8, 4) is 17.5 Å². The zero-order valence-corrected chi connectivity index (χ0v) is 19.2. The molecule has 164 valence electrons. The molecule has 4 aromatic rings. The fourth-order valence-electron chi connectivity index (χ4n) is 3.32. The summed E-state index contributed by atoms with van der Waals surface area (Å²) in [6.45, 7) is 0.541. The maximum absolute atomic E-state index is 13.0. The van der Waals surface area contributed by atoms with E-state index in [-0.39, 0.29) is 18.2 Å². The van der Waals surface area contributed by atoms with Crippen molar-refractivity contribution in [1.82, 2.24) is 14.8 Å². The van der Waals surface area contributed by atoms with Gasteiger partial charge in [-0.05, 0) is 42.0 Å². The Kier molecular flexibility index (Phi) is 7.40. The second-order valence-corrected chi connectivity index (χ2v) is 8.53. The topological polar surface area (TPSA) is 74.8 Å². The number of carbonyl (C=O) groups excluding carboxylic acids is 1. The van der Waals surface area contributed by atoms with Gasteiger partial charge < -0.3 is 0 Å². The van der Waals surface area contributed by atoms with Gasteiger partial charge >= 0.3 is 0 Å². The van der Waals surface area contributed by atoms with Crippen molar-refractivity contribution in [1.29, 1.82) is 5.26 Å². The number of carbonyl (C=O) groups is 1. The predicted octanol–water partition coefficient (Wildman–Crippen LogP) is 5.30. The molecule has 0 radical (unpaired) electrons. The number of nitriles is 1. The number of amides is 1. The third-order valence-corrected chi connectivity index (χ3v) is 6.13. The number of aromatic nitrogens is 3. The number of halogens is 1. The van der Waals surface area contributed by atoms with E-state index in [1.165, 1.54) is 16.7 Å². The molecule has 0 unspecified atom stereocenters. The minimum absolute atomic E-state index is 0.0177. The number of nitrogens with zero attached hydrogens (tertiary/aromatic N) is 5. The SMILES string of the molecule is N#CCN(C(=O)CSc1nnc(-c2ccc(Cl)cc2)n1Cc1ccccc1)c1ccccc1. The maximum atomic E-state index is 13.0. The molecular weight excluding hydrogens is 454 g/mol. The number of benzene rings is 3. The quantitative estimate of drug-likeness (QED) is 0.256. The van der Waals surface area contributed by atoms with Crippen LogP contribution >= 0.6 is 23.4 Å². The molecule has 0 bridgehead atoms. The standard InChI is InChI=1S/C25H20ClN5OS/c26-21-13-11-20(12-14-21)24-28-29-25(31(24)17-19-7-3-1-4-8-19)33-18-23(32)30(16-15-27)22-9-5-2-6-10-22/h1-14H,16-18H2. The second-order valence-electron chi connectivity index (χ2n) is 7.15. The summed E-state index contributed by atoms with van der Waals surface area (Å²) in [4.78, 5) is 14.4. The molecule has 0 N–H and O–H groups in total. The Morgan fingerprint density at radius 2 is 1.64 bits per heavy atom. The normalized spacial score (nSPS) is 10.5. The first-order chi connectivity index (χ1) is 16.2. The molecule has 0 spiro atoms. The fraction of sp³-hybridized carbons (Fsp3) is 0.120. The highest BCUT2D eigenvalue weighted by atomic mass is 35.5. The summed E-state index contributed by atoms with van der Waals surface area (Å²) in [7, 11) is 0. The van der Waals surface area contributed by atoms with Gasteiger partial charge in [-0.1, -0.05) is 71.9 Å². The first-order valence-corrected chi connectivity index (χ1v) is 11.6. The molecule has 0 aliphatic carbocycles. The Hall–Kier alpha value is -3.60. The average Bonchev–Trinajstić information content (AvgIpc) is 3.25. The number of hydrogen-bond donors (Lipinski definition) is 0. The fourth-order valence-corrected chi connectivity index (χ4v) is 4.26. The van der Waals surface area contributed by atoms with Gasteiger partial charge in [-0.3, -0.25) is 14.3 Å². The van der Waals surface area contributed by atoms with Gasteiger partial charge in [0.05, 0.1) is 18.4 Å². The Balaban J connectivity index is 1.59. The molecule has 0 saturated carbocycles. The van der Waals surface area contributed by atoms with Gasteiger partial charge in [0.25, 0.3) is 0 Å². The lowest BCUT2D eigenvalue weighted by atomic mass is 10.2. The van der Waals surface area contributed by atoms with Crippen molar-refractivity contribution in [2.45, 2.75) is 11.7 Å². The highest BCUT2D eigenvalue weighted by Gasteiger charge is 2.20. The van der Waals surface area contributed by atoms with Crippen molar-refractivity contribution < 1.29 is 4.79 Å². The summed E-state index contributed by atoms with van der Waals surface area (Å²) in [5.74, 6) is 0.655. The van der Waals surface area contributed by atoms with Crippen LogP contribution in [0.15, 0.2) is 90.1 Å². The van der Waals surface area contributed by atoms with Gasteiger partial charge in [0, 0.05) is 16.3 Å². The highest BCUT2D eigenvalue weighted by molar-refractivity contribution is 7.99. The van der Waals surface area contributed by atoms with Crippen LogP contribution in [0.2, 0.25) is 5.02 Å². The maximum Gasteiger partial charge on any atom is 0.238 e. The van der Waals surface area contributed by atoms with Crippen molar-refractivity contribution in [2.24, 2.45) is 0 Å². The monoisotopic (exact) mass is 473 g/mol. The Labute approximate surface area is 201 Å². The van der Waals surface area contributed by atoms with Gasteiger partial charge in [-0.15, -0.1) is 10.2 Å². The van der Waals surface area contributed by atoms with Crippen molar-refractivity contribution in [2.75, 3.05) is 17.2 Å². The van der Waals surface area contributed by atoms with Crippen LogP contribution in [-0.4, -0.2) is 33.0 Å². The molecule has 0 aliphatic heterocycles. The molecule has 8 heteroatoms. The molecule has 6 nitrogen and oxygen atoms in total. The third kappa shape index (κ3) is 5.61. The van der Waals surface area contributed by atoms with Crippen molar-refractivity contribution >= 4 is 35.0 Å². The van der Waals surface area contributed by atoms with Crippen LogP contribution in [0.25, 0.3) is 11.4 Å². The van der Waals surface area contributed by atoms with Gasteiger partial charge in [0.2, 0.25) is 5.91 Å². The molecule has 0 saturated heterocycles. The lowest BCUT2D eigenvalue weighted by Crippen LogP contribution is -2.32. The van der Waals surface area contributed by atoms with Crippen LogP contribution in [0.4, 0.5) is 5.69 Å². The van der Waals surface area contributed by atoms with Gasteiger partial charge in [-0.2, -0.15) is 5.26 Å². The van der Waals surface area contributed by atoms with E-state index in [0.29, 0.717) is 28.2 Å². The second kappa shape index (κ2) is 10.8. The summed E-state index contributed by atoms with van der Waals surface area (Å²) in [6.07, 6.45) is 0. The third-order valence-electron chi connectivity index (χ3n) is 4.93. The Bertz CT molecular complexity index is 1250. The first-order valence-electron chi connectivity index (χ1n) is 10.2. The molecular formula is C25H20ClN5OS. The van der Waals surface area contributed by atoms with E-state index in [1.807, 2.05) is 89.5 Å². The molecule has 1 amide bonds. The summed E-state index contributed by atoms with van der Waals surface area (Å²) in [5, 5.41) is 19.2. The smallest absolute Gasteiger partial charge is 0.238 e. The summed E-state index contributed by atoms with van der Waals surface area (Å²) in [5.41, 5.74) is 2.67. The van der Waals surface area contributed by atoms with E-state index >= 15 is 0 Å². The van der Waals surface area contributed by atoms with Crippen LogP contribution in [-0.2, 0) is 11.3 Å². The van der Waals surface area contributed by atoms with Gasteiger partial charge in [-0.25, -0.2) is 0 Å². The minimum atomic E-state index is -0.171. The Morgan fingerprint density at radius 3 is 2.30 bits per heavy atom. The number of thioether (sulfide) groups is 1. The van der Waals surface area contributed by atoms with E-state index in [4.69, 9.17) is 11.6 Å². The zero-order valence-electron chi connectivity index (χ0n) is 17.6. The van der Waals surface area contributed by atoms with E-state index in [0.717, 1.165) is 11.1 Å². The molecule has 3 aromatic carbocycles. The molecule has 1 aromatic heterocycles. The summed E-state index contributed by atoms with van der Waals surface area (Å²) >= 11 is 7.36. The van der Waals surface area contributed by atoms with Crippen molar-refractivity contribution in [3.63, 3.8) is 0 Å². The average molecular weight is 474 g/mol. The van der Waals surface area contributed by atoms with E-state index in [1.54, 1.807) is 0 Å². The minimum Gasteiger partial charge on any atom is -0.298 e. The van der Waals surface area contributed by atoms with Crippen LogP contribution in [0, 0.1) is 11.3 Å². The molecule has 0 aliphatic rings. The summed E-state index contributed by atoms with van der Waals surface area (Å²) < 4.78 is 1.99. The highest BCUT2D eigenvalue weighted by Crippen LogP contribution is 2.27. The van der Waals surface area contributed by atoms with E-state index in [2.05, 4.69) is 16.3 Å². The number of rotatable bonds is 8. The lowest BCUT2D eigenvalue weighted by Gasteiger charge is -2.19. The van der Waals surface area contributed by atoms with E-state index < -0.39 is 0 Å². The number of anilines is 1. The predicted molar refractivity (Wildman–Crippen MR) is 131 cm³/mol. The molecule has 0 atom stereocenters. The Morgan fingerprint density at radius 1 is 0.970 bits per heavy atom. The van der Waals surface area contributed by atoms with Gasteiger partial charge in [0.1, 0.15) is 6.54 Å². The van der Waals surface area contributed by atoms with Crippen LogP contribution < -0.4 is 4.90 Å². The molecule has 4 rings (SSSR count). The van der Waals surface area contributed by atoms with Gasteiger partial charge in [0.15, 0.2) is 11.0 Å². The zero-order chi connectivity index (χ0) is 23.0.